The molecule has 1 aromatic heterocycles. The minimum atomic E-state index is -0.526. The minimum absolute atomic E-state index is 0.117. The zero-order valence-electron chi connectivity index (χ0n) is 11.2. The highest BCUT2D eigenvalue weighted by molar-refractivity contribution is 5.59. The molecule has 0 spiro atoms. The van der Waals surface area contributed by atoms with Crippen molar-refractivity contribution >= 4 is 0 Å². The Morgan fingerprint density at radius 3 is 2.79 bits per heavy atom. The van der Waals surface area contributed by atoms with E-state index in [1.165, 1.54) is 12.1 Å². The number of benzene rings is 1. The Bertz CT molecular complexity index is 566. The van der Waals surface area contributed by atoms with Crippen molar-refractivity contribution in [1.82, 2.24) is 10.1 Å². The Morgan fingerprint density at radius 2 is 2.11 bits per heavy atom. The van der Waals surface area contributed by atoms with Crippen molar-refractivity contribution in [2.24, 2.45) is 5.92 Å². The van der Waals surface area contributed by atoms with E-state index in [0.29, 0.717) is 23.7 Å². The van der Waals surface area contributed by atoms with Gasteiger partial charge in [-0.1, -0.05) is 25.1 Å². The molecule has 0 saturated carbocycles. The molecule has 0 bridgehead atoms. The van der Waals surface area contributed by atoms with E-state index in [0.717, 1.165) is 5.56 Å². The molecule has 19 heavy (non-hydrogen) atoms. The van der Waals surface area contributed by atoms with Crippen molar-refractivity contribution in [3.63, 3.8) is 0 Å². The van der Waals surface area contributed by atoms with Gasteiger partial charge in [-0.3, -0.25) is 0 Å². The molecule has 102 valence electrons. The lowest BCUT2D eigenvalue weighted by Gasteiger charge is -2.10. The predicted octanol–water partition coefficient (Wildman–Crippen LogP) is 2.74. The van der Waals surface area contributed by atoms with Crippen LogP contribution < -0.4 is 0 Å². The van der Waals surface area contributed by atoms with Gasteiger partial charge in [-0.05, 0) is 30.5 Å². The van der Waals surface area contributed by atoms with Gasteiger partial charge < -0.3 is 9.63 Å². The number of halogens is 1. The molecule has 0 aliphatic carbocycles. The summed E-state index contributed by atoms with van der Waals surface area (Å²) in [6, 6.07) is 4.44. The summed E-state index contributed by atoms with van der Waals surface area (Å²) in [5, 5.41) is 13.6. The van der Waals surface area contributed by atoms with Crippen LogP contribution in [-0.4, -0.2) is 21.4 Å². The molecule has 1 aromatic carbocycles. The van der Waals surface area contributed by atoms with Crippen LogP contribution in [0.15, 0.2) is 22.7 Å². The molecule has 2 rings (SSSR count). The highest BCUT2D eigenvalue weighted by Crippen LogP contribution is 2.22. The van der Waals surface area contributed by atoms with E-state index in [4.69, 9.17) is 4.52 Å². The van der Waals surface area contributed by atoms with Crippen molar-refractivity contribution in [2.45, 2.75) is 33.3 Å². The molecule has 1 atom stereocenters. The molecule has 1 N–H and O–H groups in total. The fraction of sp³-hybridized carbons (Fsp3) is 0.429. The van der Waals surface area contributed by atoms with Crippen LogP contribution in [-0.2, 0) is 6.42 Å². The van der Waals surface area contributed by atoms with Crippen molar-refractivity contribution < 1.29 is 14.0 Å². The molecule has 5 heteroatoms. The SMILES string of the molecule is Cc1ccc(F)cc1-c1noc(CC(O)C(C)C)n1. The van der Waals surface area contributed by atoms with Crippen molar-refractivity contribution in [3.05, 3.63) is 35.5 Å². The second-order valence-electron chi connectivity index (χ2n) is 4.99. The monoisotopic (exact) mass is 264 g/mol. The Morgan fingerprint density at radius 1 is 1.37 bits per heavy atom. The fourth-order valence-electron chi connectivity index (χ4n) is 1.70. The maximum Gasteiger partial charge on any atom is 0.229 e. The number of hydrogen-bond acceptors (Lipinski definition) is 4. The van der Waals surface area contributed by atoms with Gasteiger partial charge in [0.2, 0.25) is 11.7 Å². The van der Waals surface area contributed by atoms with Gasteiger partial charge in [0.05, 0.1) is 12.5 Å². The van der Waals surface area contributed by atoms with Gasteiger partial charge in [0, 0.05) is 5.56 Å². The Balaban J connectivity index is 2.23. The summed E-state index contributed by atoms with van der Waals surface area (Å²) in [5.41, 5.74) is 1.48. The smallest absolute Gasteiger partial charge is 0.229 e. The van der Waals surface area contributed by atoms with E-state index >= 15 is 0 Å². The number of rotatable bonds is 4. The molecule has 4 nitrogen and oxygen atoms in total. The second-order valence-corrected chi connectivity index (χ2v) is 4.99. The largest absolute Gasteiger partial charge is 0.392 e. The lowest BCUT2D eigenvalue weighted by molar-refractivity contribution is 0.116. The van der Waals surface area contributed by atoms with Crippen LogP contribution in [0.25, 0.3) is 11.4 Å². The first-order valence-corrected chi connectivity index (χ1v) is 6.24. The van der Waals surface area contributed by atoms with Gasteiger partial charge in [0.1, 0.15) is 5.82 Å². The third-order valence-corrected chi connectivity index (χ3v) is 3.06. The third kappa shape index (κ3) is 3.17. The number of aryl methyl sites for hydroxylation is 1. The van der Waals surface area contributed by atoms with Crippen LogP contribution in [0.3, 0.4) is 0 Å². The van der Waals surface area contributed by atoms with E-state index < -0.39 is 6.10 Å². The maximum absolute atomic E-state index is 13.2. The average molecular weight is 264 g/mol. The van der Waals surface area contributed by atoms with Crippen LogP contribution in [0.1, 0.15) is 25.3 Å². The van der Waals surface area contributed by atoms with Gasteiger partial charge in [-0.15, -0.1) is 0 Å². The summed E-state index contributed by atoms with van der Waals surface area (Å²) in [5.74, 6) is 0.489. The predicted molar refractivity (Wildman–Crippen MR) is 69.0 cm³/mol. The quantitative estimate of drug-likeness (QED) is 0.922. The molecule has 1 unspecified atom stereocenters. The second kappa shape index (κ2) is 5.48. The Kier molecular flexibility index (Phi) is 3.95. The first kappa shape index (κ1) is 13.7. The molecule has 0 radical (unpaired) electrons. The van der Waals surface area contributed by atoms with Gasteiger partial charge in [0.15, 0.2) is 0 Å². The Labute approximate surface area is 111 Å². The van der Waals surface area contributed by atoms with E-state index in [9.17, 15) is 9.50 Å². The lowest BCUT2D eigenvalue weighted by Crippen LogP contribution is -2.17. The van der Waals surface area contributed by atoms with Crippen molar-refractivity contribution in [2.75, 3.05) is 0 Å². The molecular weight excluding hydrogens is 247 g/mol. The summed E-state index contributed by atoms with van der Waals surface area (Å²) < 4.78 is 18.3. The van der Waals surface area contributed by atoms with Crippen LogP contribution in [0.5, 0.6) is 0 Å². The fourth-order valence-corrected chi connectivity index (χ4v) is 1.70. The molecule has 1 heterocycles. The van der Waals surface area contributed by atoms with E-state index in [1.807, 2.05) is 20.8 Å². The number of hydrogen-bond donors (Lipinski definition) is 1. The summed E-state index contributed by atoms with van der Waals surface area (Å²) in [6.07, 6.45) is -0.221. The molecule has 2 aromatic rings. The number of aliphatic hydroxyl groups is 1. The number of aliphatic hydroxyl groups excluding tert-OH is 1. The summed E-state index contributed by atoms with van der Waals surface area (Å²) >= 11 is 0. The first-order chi connectivity index (χ1) is 8.97. The van der Waals surface area contributed by atoms with Gasteiger partial charge in [0.25, 0.3) is 0 Å². The summed E-state index contributed by atoms with van der Waals surface area (Å²) in [4.78, 5) is 4.20. The zero-order valence-corrected chi connectivity index (χ0v) is 11.2. The summed E-state index contributed by atoms with van der Waals surface area (Å²) in [7, 11) is 0. The lowest BCUT2D eigenvalue weighted by atomic mass is 10.0. The maximum atomic E-state index is 13.2. The molecule has 0 aliphatic rings. The van der Waals surface area contributed by atoms with Crippen molar-refractivity contribution in [3.8, 4) is 11.4 Å². The highest BCUT2D eigenvalue weighted by atomic mass is 19.1. The molecule has 0 fully saturated rings. The van der Waals surface area contributed by atoms with E-state index in [1.54, 1.807) is 6.07 Å². The molecule has 0 aliphatic heterocycles. The topological polar surface area (TPSA) is 59.2 Å². The average Bonchev–Trinajstić information content (AvgIpc) is 2.80. The Hall–Kier alpha value is -1.75. The highest BCUT2D eigenvalue weighted by Gasteiger charge is 2.16. The molecule has 0 amide bonds. The first-order valence-electron chi connectivity index (χ1n) is 6.24. The van der Waals surface area contributed by atoms with E-state index in [2.05, 4.69) is 10.1 Å². The van der Waals surface area contributed by atoms with Crippen LogP contribution in [0.2, 0.25) is 0 Å². The summed E-state index contributed by atoms with van der Waals surface area (Å²) in [6.45, 7) is 5.69. The van der Waals surface area contributed by atoms with Crippen LogP contribution in [0.4, 0.5) is 4.39 Å². The number of nitrogens with zero attached hydrogens (tertiary/aromatic N) is 2. The molecular formula is C14H17FN2O2. The zero-order chi connectivity index (χ0) is 14.0. The van der Waals surface area contributed by atoms with Gasteiger partial charge in [-0.25, -0.2) is 4.39 Å². The van der Waals surface area contributed by atoms with Crippen molar-refractivity contribution in [1.29, 1.82) is 0 Å². The minimum Gasteiger partial charge on any atom is -0.392 e. The van der Waals surface area contributed by atoms with Crippen LogP contribution >= 0.6 is 0 Å². The standard InChI is InChI=1S/C14H17FN2O2/c1-8(2)12(18)7-13-16-14(17-19-13)11-6-10(15)5-4-9(11)3/h4-6,8,12,18H,7H2,1-3H3. The molecule has 0 saturated heterocycles. The third-order valence-electron chi connectivity index (χ3n) is 3.06. The van der Waals surface area contributed by atoms with E-state index in [-0.39, 0.29) is 11.7 Å². The normalized spacial score (nSPS) is 12.9. The van der Waals surface area contributed by atoms with Crippen LogP contribution in [0, 0.1) is 18.7 Å². The van der Waals surface area contributed by atoms with Gasteiger partial charge >= 0.3 is 0 Å². The van der Waals surface area contributed by atoms with Gasteiger partial charge in [-0.2, -0.15) is 4.98 Å². The number of aromatic nitrogens is 2.